The van der Waals surface area contributed by atoms with E-state index >= 15 is 0 Å². The maximum atomic E-state index is 11.8. The van der Waals surface area contributed by atoms with E-state index in [0.29, 0.717) is 12.3 Å². The van der Waals surface area contributed by atoms with Crippen molar-refractivity contribution in [3.05, 3.63) is 23.8 Å². The summed E-state index contributed by atoms with van der Waals surface area (Å²) in [5.74, 6) is -1.29. The van der Waals surface area contributed by atoms with E-state index in [0.717, 1.165) is 11.3 Å². The zero-order chi connectivity index (χ0) is 14.6. The summed E-state index contributed by atoms with van der Waals surface area (Å²) < 4.78 is 5.40. The molecule has 0 radical (unpaired) electrons. The standard InChI is InChI=1S/C13H18N2O4/c1-4-19-10-6-5-9(7-8(10)2)15(3)12(16)11(14)13(17)18/h5-7,11H,4,14H2,1-3H3,(H,17,18). The molecule has 0 fully saturated rings. The van der Waals surface area contributed by atoms with Crippen molar-refractivity contribution in [3.8, 4) is 5.75 Å². The molecular weight excluding hydrogens is 248 g/mol. The van der Waals surface area contributed by atoms with E-state index < -0.39 is 17.9 Å². The van der Waals surface area contributed by atoms with Gasteiger partial charge in [0.2, 0.25) is 0 Å². The monoisotopic (exact) mass is 266 g/mol. The van der Waals surface area contributed by atoms with Gasteiger partial charge in [-0.05, 0) is 37.6 Å². The molecule has 0 bridgehead atoms. The molecule has 0 heterocycles. The number of benzene rings is 1. The summed E-state index contributed by atoms with van der Waals surface area (Å²) in [5.41, 5.74) is 6.73. The van der Waals surface area contributed by atoms with E-state index in [2.05, 4.69) is 0 Å². The number of nitrogens with zero attached hydrogens (tertiary/aromatic N) is 1. The van der Waals surface area contributed by atoms with Crippen LogP contribution in [0.2, 0.25) is 0 Å². The molecule has 1 rings (SSSR count). The second-order valence-corrected chi connectivity index (χ2v) is 4.10. The molecule has 1 atom stereocenters. The van der Waals surface area contributed by atoms with Gasteiger partial charge >= 0.3 is 5.97 Å². The number of hydrogen-bond acceptors (Lipinski definition) is 4. The van der Waals surface area contributed by atoms with Crippen molar-refractivity contribution >= 4 is 17.6 Å². The normalized spacial score (nSPS) is 11.8. The molecule has 1 aromatic rings. The highest BCUT2D eigenvalue weighted by Gasteiger charge is 2.25. The topological polar surface area (TPSA) is 92.9 Å². The number of carboxylic acid groups (broad SMARTS) is 1. The first-order chi connectivity index (χ1) is 8.88. The van der Waals surface area contributed by atoms with Gasteiger partial charge in [-0.3, -0.25) is 4.79 Å². The van der Waals surface area contributed by atoms with Crippen LogP contribution in [0.5, 0.6) is 5.75 Å². The number of carboxylic acids is 1. The molecule has 1 unspecified atom stereocenters. The van der Waals surface area contributed by atoms with Crippen LogP contribution in [0.4, 0.5) is 5.69 Å². The minimum atomic E-state index is -1.56. The summed E-state index contributed by atoms with van der Waals surface area (Å²) in [4.78, 5) is 23.7. The van der Waals surface area contributed by atoms with Crippen molar-refractivity contribution in [2.75, 3.05) is 18.6 Å². The van der Waals surface area contributed by atoms with Crippen LogP contribution in [-0.4, -0.2) is 36.7 Å². The molecule has 19 heavy (non-hydrogen) atoms. The maximum Gasteiger partial charge on any atom is 0.330 e. The van der Waals surface area contributed by atoms with Gasteiger partial charge in [-0.15, -0.1) is 0 Å². The van der Waals surface area contributed by atoms with Gasteiger partial charge in [-0.2, -0.15) is 0 Å². The van der Waals surface area contributed by atoms with E-state index in [-0.39, 0.29) is 0 Å². The molecule has 3 N–H and O–H groups in total. The second-order valence-electron chi connectivity index (χ2n) is 4.10. The van der Waals surface area contributed by atoms with Crippen molar-refractivity contribution < 1.29 is 19.4 Å². The number of aliphatic carboxylic acids is 1. The fraction of sp³-hybridized carbons (Fsp3) is 0.385. The first kappa shape index (κ1) is 15.0. The molecule has 0 aliphatic rings. The summed E-state index contributed by atoms with van der Waals surface area (Å²) in [5, 5.41) is 8.72. The SMILES string of the molecule is CCOc1ccc(N(C)C(=O)C(N)C(=O)O)cc1C. The minimum absolute atomic E-state index is 0.554. The minimum Gasteiger partial charge on any atom is -0.494 e. The smallest absolute Gasteiger partial charge is 0.330 e. The molecule has 0 aliphatic carbocycles. The molecule has 104 valence electrons. The number of nitrogens with two attached hydrogens (primary N) is 1. The highest BCUT2D eigenvalue weighted by molar-refractivity contribution is 6.08. The van der Waals surface area contributed by atoms with Crippen LogP contribution in [0.15, 0.2) is 18.2 Å². The predicted molar refractivity (Wildman–Crippen MR) is 71.4 cm³/mol. The number of ether oxygens (including phenoxy) is 1. The van der Waals surface area contributed by atoms with E-state index in [1.165, 1.54) is 11.9 Å². The fourth-order valence-corrected chi connectivity index (χ4v) is 1.60. The van der Waals surface area contributed by atoms with E-state index in [9.17, 15) is 9.59 Å². The Morgan fingerprint density at radius 1 is 1.47 bits per heavy atom. The number of rotatable bonds is 5. The van der Waals surface area contributed by atoms with Crippen molar-refractivity contribution in [1.82, 2.24) is 0 Å². The van der Waals surface area contributed by atoms with Crippen molar-refractivity contribution in [3.63, 3.8) is 0 Å². The third-order valence-electron chi connectivity index (χ3n) is 2.71. The third-order valence-corrected chi connectivity index (χ3v) is 2.71. The quantitative estimate of drug-likeness (QED) is 0.768. The van der Waals surface area contributed by atoms with E-state index in [1.807, 2.05) is 13.8 Å². The summed E-state index contributed by atoms with van der Waals surface area (Å²) in [6.45, 7) is 4.29. The van der Waals surface area contributed by atoms with E-state index in [1.54, 1.807) is 18.2 Å². The molecule has 0 saturated carbocycles. The molecule has 0 saturated heterocycles. The van der Waals surface area contributed by atoms with Gasteiger partial charge in [0, 0.05) is 12.7 Å². The molecule has 6 heteroatoms. The number of likely N-dealkylation sites (N-methyl/N-ethyl adjacent to an activating group) is 1. The summed E-state index contributed by atoms with van der Waals surface area (Å²) >= 11 is 0. The summed E-state index contributed by atoms with van der Waals surface area (Å²) in [6.07, 6.45) is 0. The predicted octanol–water partition coefficient (Wildman–Crippen LogP) is 0.768. The molecular formula is C13H18N2O4. The van der Waals surface area contributed by atoms with Gasteiger partial charge in [0.25, 0.3) is 5.91 Å². The lowest BCUT2D eigenvalue weighted by Crippen LogP contribution is -2.46. The van der Waals surface area contributed by atoms with Crippen LogP contribution in [-0.2, 0) is 9.59 Å². The number of amides is 1. The molecule has 1 aromatic carbocycles. The van der Waals surface area contributed by atoms with Crippen molar-refractivity contribution in [2.24, 2.45) is 5.73 Å². The maximum absolute atomic E-state index is 11.8. The summed E-state index contributed by atoms with van der Waals surface area (Å²) in [7, 11) is 1.49. The highest BCUT2D eigenvalue weighted by Crippen LogP contribution is 2.24. The van der Waals surface area contributed by atoms with Crippen LogP contribution >= 0.6 is 0 Å². The largest absolute Gasteiger partial charge is 0.494 e. The Morgan fingerprint density at radius 2 is 2.11 bits per heavy atom. The zero-order valence-corrected chi connectivity index (χ0v) is 11.2. The average molecular weight is 266 g/mol. The molecule has 0 aliphatic heterocycles. The Labute approximate surface area is 111 Å². The Bertz CT molecular complexity index is 488. The average Bonchev–Trinajstić information content (AvgIpc) is 2.38. The fourth-order valence-electron chi connectivity index (χ4n) is 1.60. The van der Waals surface area contributed by atoms with Gasteiger partial charge in [0.05, 0.1) is 6.61 Å². The number of anilines is 1. The number of carbonyl (C=O) groups excluding carboxylic acids is 1. The molecule has 6 nitrogen and oxygen atoms in total. The van der Waals surface area contributed by atoms with Crippen molar-refractivity contribution in [2.45, 2.75) is 19.9 Å². The van der Waals surface area contributed by atoms with Gasteiger partial charge < -0.3 is 20.5 Å². The zero-order valence-electron chi connectivity index (χ0n) is 11.2. The van der Waals surface area contributed by atoms with Crippen molar-refractivity contribution in [1.29, 1.82) is 0 Å². The number of hydrogen-bond donors (Lipinski definition) is 2. The second kappa shape index (κ2) is 6.19. The van der Waals surface area contributed by atoms with Crippen LogP contribution in [0, 0.1) is 6.92 Å². The number of aryl methyl sites for hydroxylation is 1. The Kier molecular flexibility index (Phi) is 4.88. The van der Waals surface area contributed by atoms with Crippen LogP contribution in [0.3, 0.4) is 0 Å². The lowest BCUT2D eigenvalue weighted by atomic mass is 10.1. The third kappa shape index (κ3) is 3.45. The van der Waals surface area contributed by atoms with Gasteiger partial charge in [0.15, 0.2) is 6.04 Å². The molecule has 1 amide bonds. The number of carbonyl (C=O) groups is 2. The van der Waals surface area contributed by atoms with Gasteiger partial charge in [0.1, 0.15) is 5.75 Å². The summed E-state index contributed by atoms with van der Waals surface area (Å²) in [6, 6.07) is 3.61. The first-order valence-corrected chi connectivity index (χ1v) is 5.87. The lowest BCUT2D eigenvalue weighted by Gasteiger charge is -2.20. The lowest BCUT2D eigenvalue weighted by molar-refractivity contribution is -0.142. The van der Waals surface area contributed by atoms with Gasteiger partial charge in [-0.25, -0.2) is 4.79 Å². The van der Waals surface area contributed by atoms with E-state index in [4.69, 9.17) is 15.6 Å². The molecule has 0 aromatic heterocycles. The van der Waals surface area contributed by atoms with Gasteiger partial charge in [-0.1, -0.05) is 0 Å². The molecule has 0 spiro atoms. The first-order valence-electron chi connectivity index (χ1n) is 5.87. The van der Waals surface area contributed by atoms with Crippen LogP contribution in [0.1, 0.15) is 12.5 Å². The highest BCUT2D eigenvalue weighted by atomic mass is 16.5. The van der Waals surface area contributed by atoms with Crippen LogP contribution < -0.4 is 15.4 Å². The van der Waals surface area contributed by atoms with Crippen LogP contribution in [0.25, 0.3) is 0 Å². The Hall–Kier alpha value is -2.08. The Balaban J connectivity index is 2.94. The Morgan fingerprint density at radius 3 is 2.58 bits per heavy atom.